The van der Waals surface area contributed by atoms with Crippen LogP contribution in [0.2, 0.25) is 0 Å². The number of ether oxygens (including phenoxy) is 2. The summed E-state index contributed by atoms with van der Waals surface area (Å²) >= 11 is 3.04. The molecule has 0 fully saturated rings. The number of methoxy groups -OCH3 is 2. The maximum atomic E-state index is 13.2. The minimum Gasteiger partial charge on any atom is -0.497 e. The van der Waals surface area contributed by atoms with Crippen LogP contribution < -0.4 is 14.8 Å². The molecule has 4 rings (SSSR count). The Labute approximate surface area is 201 Å². The molecule has 1 N–H and O–H groups in total. The van der Waals surface area contributed by atoms with Gasteiger partial charge >= 0.3 is 0 Å². The van der Waals surface area contributed by atoms with E-state index in [2.05, 4.69) is 51.9 Å². The number of aryl methyl sites for hydroxylation is 1. The number of nitrogens with zero attached hydrogens (tertiary/aromatic N) is 2. The summed E-state index contributed by atoms with van der Waals surface area (Å²) in [6.07, 6.45) is 2.20. The third kappa shape index (κ3) is 4.96. The summed E-state index contributed by atoms with van der Waals surface area (Å²) in [5.74, 6) is 1.10. The number of rotatable bonds is 8. The monoisotopic (exact) mass is 479 g/mol. The number of amides is 1. The van der Waals surface area contributed by atoms with Crippen LogP contribution in [0.4, 0.5) is 5.69 Å². The second kappa shape index (κ2) is 10.2. The first-order valence-electron chi connectivity index (χ1n) is 10.5. The fourth-order valence-corrected chi connectivity index (χ4v) is 5.48. The molecule has 8 heteroatoms. The lowest BCUT2D eigenvalue weighted by Gasteiger charge is -2.17. The smallest absolute Gasteiger partial charge is 0.238 e. The zero-order valence-electron chi connectivity index (χ0n) is 18.9. The number of thioether (sulfide) groups is 1. The van der Waals surface area contributed by atoms with Gasteiger partial charge in [0.05, 0.1) is 30.5 Å². The van der Waals surface area contributed by atoms with E-state index < -0.39 is 0 Å². The average Bonchev–Trinajstić information content (AvgIpc) is 3.28. The number of benzene rings is 2. The molecule has 4 aromatic rings. The molecular weight excluding hydrogens is 454 g/mol. The molecule has 0 saturated carbocycles. The van der Waals surface area contributed by atoms with Crippen LogP contribution in [-0.2, 0) is 4.79 Å². The Hall–Kier alpha value is -3.10. The summed E-state index contributed by atoms with van der Waals surface area (Å²) in [5, 5.41) is 6.55. The van der Waals surface area contributed by atoms with Gasteiger partial charge in [0, 0.05) is 17.0 Å². The first-order chi connectivity index (χ1) is 16.0. The number of hydrogen-bond acceptors (Lipinski definition) is 7. The van der Waals surface area contributed by atoms with Crippen LogP contribution in [0.5, 0.6) is 11.5 Å². The molecule has 2 heterocycles. The van der Waals surface area contributed by atoms with E-state index in [1.807, 2.05) is 6.92 Å². The van der Waals surface area contributed by atoms with E-state index >= 15 is 0 Å². The number of carbonyl (C=O) groups excluding carboxylic acids is 1. The molecule has 0 saturated heterocycles. The summed E-state index contributed by atoms with van der Waals surface area (Å²) in [6, 6.07) is 13.7. The predicted octanol–water partition coefficient (Wildman–Crippen LogP) is 6.19. The van der Waals surface area contributed by atoms with Crippen molar-refractivity contribution < 1.29 is 14.3 Å². The molecule has 0 aliphatic heterocycles. The van der Waals surface area contributed by atoms with E-state index in [-0.39, 0.29) is 11.2 Å². The Morgan fingerprint density at radius 3 is 2.61 bits per heavy atom. The minimum atomic E-state index is -0.343. The summed E-state index contributed by atoms with van der Waals surface area (Å²) in [4.78, 5) is 23.1. The van der Waals surface area contributed by atoms with E-state index in [0.29, 0.717) is 23.6 Å². The van der Waals surface area contributed by atoms with Crippen molar-refractivity contribution in [3.05, 3.63) is 59.7 Å². The van der Waals surface area contributed by atoms with Crippen molar-refractivity contribution in [2.45, 2.75) is 30.5 Å². The van der Waals surface area contributed by atoms with Gasteiger partial charge in [0.2, 0.25) is 5.91 Å². The second-order valence-electron chi connectivity index (χ2n) is 7.44. The molecule has 0 spiro atoms. The van der Waals surface area contributed by atoms with Gasteiger partial charge in [-0.15, -0.1) is 11.3 Å². The number of nitrogens with one attached hydrogen (secondary N) is 1. The summed E-state index contributed by atoms with van der Waals surface area (Å²) < 4.78 is 10.7. The van der Waals surface area contributed by atoms with Gasteiger partial charge in [0.1, 0.15) is 27.7 Å². The minimum absolute atomic E-state index is 0.118. The van der Waals surface area contributed by atoms with Crippen LogP contribution in [0.15, 0.2) is 59.2 Å². The highest BCUT2D eigenvalue weighted by Crippen LogP contribution is 2.40. The van der Waals surface area contributed by atoms with E-state index in [0.717, 1.165) is 26.4 Å². The van der Waals surface area contributed by atoms with Crippen molar-refractivity contribution in [2.24, 2.45) is 0 Å². The van der Waals surface area contributed by atoms with Gasteiger partial charge in [-0.3, -0.25) is 4.79 Å². The molecule has 1 unspecified atom stereocenters. The summed E-state index contributed by atoms with van der Waals surface area (Å²) in [5.41, 5.74) is 3.98. The van der Waals surface area contributed by atoms with Gasteiger partial charge in [0.25, 0.3) is 0 Å². The van der Waals surface area contributed by atoms with E-state index in [4.69, 9.17) is 9.47 Å². The standard InChI is InChI=1S/C25H25N3O3S2/c1-5-21(23(29)28-19-12-17(30-3)10-11-20(19)31-4)33-25-22-18(13-32-24(22)26-14-27-25)16-8-6-15(2)7-9-16/h6-14,21H,5H2,1-4H3,(H,28,29). The van der Waals surface area contributed by atoms with Gasteiger partial charge in [-0.25, -0.2) is 9.97 Å². The van der Waals surface area contributed by atoms with Crippen LogP contribution in [0.3, 0.4) is 0 Å². The Morgan fingerprint density at radius 1 is 1.12 bits per heavy atom. The highest BCUT2D eigenvalue weighted by Gasteiger charge is 2.23. The van der Waals surface area contributed by atoms with Gasteiger partial charge in [-0.1, -0.05) is 48.5 Å². The Morgan fingerprint density at radius 2 is 1.91 bits per heavy atom. The van der Waals surface area contributed by atoms with Gasteiger partial charge in [0.15, 0.2) is 0 Å². The van der Waals surface area contributed by atoms with Gasteiger partial charge in [-0.2, -0.15) is 0 Å². The quantitative estimate of drug-likeness (QED) is 0.240. The second-order valence-corrected chi connectivity index (χ2v) is 9.49. The van der Waals surface area contributed by atoms with Crippen LogP contribution in [-0.4, -0.2) is 35.3 Å². The fraction of sp³-hybridized carbons (Fsp3) is 0.240. The van der Waals surface area contributed by atoms with Gasteiger partial charge in [-0.05, 0) is 31.0 Å². The third-order valence-corrected chi connectivity index (χ3v) is 7.53. The highest BCUT2D eigenvalue weighted by molar-refractivity contribution is 8.00. The lowest BCUT2D eigenvalue weighted by molar-refractivity contribution is -0.115. The molecule has 33 heavy (non-hydrogen) atoms. The van der Waals surface area contributed by atoms with Crippen molar-refractivity contribution in [1.29, 1.82) is 0 Å². The Balaban J connectivity index is 1.64. The van der Waals surface area contributed by atoms with Crippen LogP contribution in [0.25, 0.3) is 21.3 Å². The topological polar surface area (TPSA) is 73.3 Å². The molecular formula is C25H25N3O3S2. The number of hydrogen-bond donors (Lipinski definition) is 1. The first kappa shape index (κ1) is 23.1. The van der Waals surface area contributed by atoms with Gasteiger partial charge < -0.3 is 14.8 Å². The lowest BCUT2D eigenvalue weighted by Crippen LogP contribution is -2.25. The van der Waals surface area contributed by atoms with Crippen LogP contribution in [0.1, 0.15) is 18.9 Å². The number of thiophene rings is 1. The number of anilines is 1. The van der Waals surface area contributed by atoms with Crippen molar-refractivity contribution in [1.82, 2.24) is 9.97 Å². The third-order valence-electron chi connectivity index (χ3n) is 5.28. The molecule has 1 amide bonds. The average molecular weight is 480 g/mol. The summed E-state index contributed by atoms with van der Waals surface area (Å²) in [7, 11) is 3.16. The molecule has 0 aliphatic carbocycles. The van der Waals surface area contributed by atoms with Crippen LogP contribution in [0, 0.1) is 6.92 Å². The van der Waals surface area contributed by atoms with Crippen molar-refractivity contribution >= 4 is 44.9 Å². The fourth-order valence-electron chi connectivity index (χ4n) is 3.46. The number of fused-ring (bicyclic) bond motifs is 1. The maximum absolute atomic E-state index is 13.2. The Bertz CT molecular complexity index is 1270. The first-order valence-corrected chi connectivity index (χ1v) is 12.3. The van der Waals surface area contributed by atoms with Crippen LogP contribution >= 0.6 is 23.1 Å². The number of carbonyl (C=O) groups is 1. The molecule has 1 atom stereocenters. The van der Waals surface area contributed by atoms with E-state index in [1.54, 1.807) is 50.1 Å². The maximum Gasteiger partial charge on any atom is 0.238 e. The van der Waals surface area contributed by atoms with E-state index in [1.165, 1.54) is 17.3 Å². The van der Waals surface area contributed by atoms with Crippen molar-refractivity contribution in [3.63, 3.8) is 0 Å². The molecule has 2 aromatic carbocycles. The molecule has 0 aliphatic rings. The lowest BCUT2D eigenvalue weighted by atomic mass is 10.1. The number of aromatic nitrogens is 2. The zero-order chi connectivity index (χ0) is 23.4. The van der Waals surface area contributed by atoms with E-state index in [9.17, 15) is 4.79 Å². The predicted molar refractivity (Wildman–Crippen MR) is 136 cm³/mol. The highest BCUT2D eigenvalue weighted by atomic mass is 32.2. The summed E-state index contributed by atoms with van der Waals surface area (Å²) in [6.45, 7) is 4.06. The molecule has 6 nitrogen and oxygen atoms in total. The molecule has 0 bridgehead atoms. The Kier molecular flexibility index (Phi) is 7.15. The van der Waals surface area contributed by atoms with Crippen molar-refractivity contribution in [3.8, 4) is 22.6 Å². The molecule has 170 valence electrons. The molecule has 2 aromatic heterocycles. The largest absolute Gasteiger partial charge is 0.497 e. The zero-order valence-corrected chi connectivity index (χ0v) is 20.5. The van der Waals surface area contributed by atoms with Crippen molar-refractivity contribution in [2.75, 3.05) is 19.5 Å². The SMILES string of the molecule is CCC(Sc1ncnc2scc(-c3ccc(C)cc3)c12)C(=O)Nc1cc(OC)ccc1OC. The normalized spacial score (nSPS) is 11.9. The molecule has 0 radical (unpaired) electrons.